The van der Waals surface area contributed by atoms with Crippen LogP contribution in [0.2, 0.25) is 0 Å². The lowest BCUT2D eigenvalue weighted by Gasteiger charge is -2.06. The third-order valence-corrected chi connectivity index (χ3v) is 3.47. The van der Waals surface area contributed by atoms with E-state index in [1.54, 1.807) is 26.9 Å². The van der Waals surface area contributed by atoms with Crippen LogP contribution in [-0.4, -0.2) is 24.8 Å². The van der Waals surface area contributed by atoms with Crippen molar-refractivity contribution in [3.8, 4) is 11.4 Å². The summed E-state index contributed by atoms with van der Waals surface area (Å²) >= 11 is 1.66. The van der Waals surface area contributed by atoms with Gasteiger partial charge in [0.2, 0.25) is 0 Å². The molecule has 3 aromatic heterocycles. The van der Waals surface area contributed by atoms with E-state index in [2.05, 4.69) is 26.9 Å². The van der Waals surface area contributed by atoms with Crippen molar-refractivity contribution in [2.45, 2.75) is 6.54 Å². The Kier molecular flexibility index (Phi) is 2.60. The molecular weight excluding hydrogens is 248 g/mol. The van der Waals surface area contributed by atoms with E-state index >= 15 is 0 Å². The number of rotatable bonds is 3. The van der Waals surface area contributed by atoms with E-state index in [4.69, 9.17) is 5.73 Å². The van der Waals surface area contributed by atoms with Crippen LogP contribution >= 0.6 is 11.3 Å². The van der Waals surface area contributed by atoms with Gasteiger partial charge in [-0.3, -0.25) is 4.68 Å². The molecule has 0 saturated heterocycles. The van der Waals surface area contributed by atoms with Crippen LogP contribution in [0.4, 0.5) is 5.82 Å². The maximum absolute atomic E-state index is 5.90. The number of thiophene rings is 1. The van der Waals surface area contributed by atoms with Crippen LogP contribution in [0.25, 0.3) is 11.4 Å². The molecule has 0 fully saturated rings. The lowest BCUT2D eigenvalue weighted by molar-refractivity contribution is 0.650. The number of aromatic nitrogens is 5. The van der Waals surface area contributed by atoms with Gasteiger partial charge >= 0.3 is 0 Å². The Morgan fingerprint density at radius 2 is 2.28 bits per heavy atom. The van der Waals surface area contributed by atoms with Crippen molar-refractivity contribution in [2.24, 2.45) is 7.05 Å². The maximum atomic E-state index is 5.90. The second-order valence-electron chi connectivity index (χ2n) is 3.95. The van der Waals surface area contributed by atoms with Crippen LogP contribution in [0.5, 0.6) is 0 Å². The lowest BCUT2D eigenvalue weighted by atomic mass is 10.3. The molecule has 0 atom stereocenters. The molecule has 0 unspecified atom stereocenters. The molecule has 3 aromatic rings. The summed E-state index contributed by atoms with van der Waals surface area (Å²) in [5.74, 6) is 0.425. The van der Waals surface area contributed by atoms with Crippen molar-refractivity contribution in [2.75, 3.05) is 5.73 Å². The summed E-state index contributed by atoms with van der Waals surface area (Å²) in [4.78, 5) is 0. The van der Waals surface area contributed by atoms with Gasteiger partial charge in [0.15, 0.2) is 5.82 Å². The molecule has 0 aliphatic carbocycles. The first-order chi connectivity index (χ1) is 8.75. The molecule has 6 nitrogen and oxygen atoms in total. The van der Waals surface area contributed by atoms with Gasteiger partial charge in [-0.05, 0) is 28.5 Å². The molecular formula is C11H12N6S. The van der Waals surface area contributed by atoms with Gasteiger partial charge in [-0.15, -0.1) is 5.10 Å². The smallest absolute Gasteiger partial charge is 0.175 e. The lowest BCUT2D eigenvalue weighted by Crippen LogP contribution is -2.06. The first-order valence-corrected chi connectivity index (χ1v) is 6.38. The van der Waals surface area contributed by atoms with Crippen molar-refractivity contribution in [1.82, 2.24) is 24.8 Å². The van der Waals surface area contributed by atoms with Crippen LogP contribution in [0, 0.1) is 0 Å². The minimum atomic E-state index is 0.425. The van der Waals surface area contributed by atoms with Crippen molar-refractivity contribution in [1.29, 1.82) is 0 Å². The number of hydrogen-bond acceptors (Lipinski definition) is 5. The molecule has 0 radical (unpaired) electrons. The Balaban J connectivity index is 2.04. The maximum Gasteiger partial charge on any atom is 0.175 e. The number of nitrogen functional groups attached to an aromatic ring is 1. The van der Waals surface area contributed by atoms with Crippen LogP contribution in [0.15, 0.2) is 29.1 Å². The number of nitrogens with zero attached hydrogens (tertiary/aromatic N) is 5. The monoisotopic (exact) mass is 260 g/mol. The highest BCUT2D eigenvalue weighted by molar-refractivity contribution is 7.07. The van der Waals surface area contributed by atoms with Gasteiger partial charge in [0, 0.05) is 13.2 Å². The molecule has 7 heteroatoms. The zero-order valence-corrected chi connectivity index (χ0v) is 10.6. The van der Waals surface area contributed by atoms with Gasteiger partial charge in [0.05, 0.1) is 12.2 Å². The average molecular weight is 260 g/mol. The molecule has 0 aliphatic rings. The van der Waals surface area contributed by atoms with E-state index in [-0.39, 0.29) is 0 Å². The standard InChI is InChI=1S/C11H12N6S/c1-16-9(2-4-13-16)10-11(12)14-15-17(10)6-8-3-5-18-7-8/h2-5,7H,6,12H2,1H3. The normalized spacial score (nSPS) is 10.9. The van der Waals surface area contributed by atoms with Crippen LogP contribution in [0.1, 0.15) is 5.56 Å². The predicted molar refractivity (Wildman–Crippen MR) is 70.1 cm³/mol. The molecule has 0 aliphatic heterocycles. The quantitative estimate of drug-likeness (QED) is 0.771. The molecule has 0 bridgehead atoms. The largest absolute Gasteiger partial charge is 0.380 e. The van der Waals surface area contributed by atoms with E-state index in [1.807, 2.05) is 18.5 Å². The Bertz CT molecular complexity index is 651. The van der Waals surface area contributed by atoms with Crippen molar-refractivity contribution in [3.05, 3.63) is 34.7 Å². The minimum absolute atomic E-state index is 0.425. The molecule has 0 aromatic carbocycles. The second-order valence-corrected chi connectivity index (χ2v) is 4.73. The van der Waals surface area contributed by atoms with E-state index < -0.39 is 0 Å². The molecule has 18 heavy (non-hydrogen) atoms. The fourth-order valence-corrected chi connectivity index (χ4v) is 2.52. The van der Waals surface area contributed by atoms with Gasteiger partial charge in [-0.25, -0.2) is 4.68 Å². The topological polar surface area (TPSA) is 74.6 Å². The van der Waals surface area contributed by atoms with E-state index in [1.165, 1.54) is 5.56 Å². The van der Waals surface area contributed by atoms with Crippen molar-refractivity contribution < 1.29 is 0 Å². The van der Waals surface area contributed by atoms with Gasteiger partial charge in [-0.1, -0.05) is 5.21 Å². The second kappa shape index (κ2) is 4.26. The Morgan fingerprint density at radius 3 is 2.94 bits per heavy atom. The average Bonchev–Trinajstić information content (AvgIpc) is 3.04. The fourth-order valence-electron chi connectivity index (χ4n) is 1.86. The predicted octanol–water partition coefficient (Wildman–Crippen LogP) is 1.37. The zero-order valence-electron chi connectivity index (χ0n) is 9.82. The fraction of sp³-hybridized carbons (Fsp3) is 0.182. The van der Waals surface area contributed by atoms with Crippen molar-refractivity contribution >= 4 is 17.2 Å². The minimum Gasteiger partial charge on any atom is -0.380 e. The molecule has 0 amide bonds. The van der Waals surface area contributed by atoms with Crippen LogP contribution < -0.4 is 5.73 Å². The van der Waals surface area contributed by atoms with Crippen LogP contribution in [-0.2, 0) is 13.6 Å². The SMILES string of the molecule is Cn1nccc1-c1c(N)nnn1Cc1ccsc1. The van der Waals surface area contributed by atoms with E-state index in [9.17, 15) is 0 Å². The van der Waals surface area contributed by atoms with Gasteiger partial charge in [0.25, 0.3) is 0 Å². The van der Waals surface area contributed by atoms with Crippen LogP contribution in [0.3, 0.4) is 0 Å². The summed E-state index contributed by atoms with van der Waals surface area (Å²) in [6.07, 6.45) is 1.73. The summed E-state index contributed by atoms with van der Waals surface area (Å²) < 4.78 is 3.56. The number of anilines is 1. The Morgan fingerprint density at radius 1 is 1.39 bits per heavy atom. The molecule has 0 saturated carbocycles. The Labute approximate surface area is 108 Å². The van der Waals surface area contributed by atoms with E-state index in [0.29, 0.717) is 12.4 Å². The molecule has 2 N–H and O–H groups in total. The third kappa shape index (κ3) is 1.78. The number of nitrogens with two attached hydrogens (primary N) is 1. The van der Waals surface area contributed by atoms with Gasteiger partial charge in [0.1, 0.15) is 5.69 Å². The number of hydrogen-bond donors (Lipinski definition) is 1. The Hall–Kier alpha value is -2.15. The highest BCUT2D eigenvalue weighted by atomic mass is 32.1. The van der Waals surface area contributed by atoms with Gasteiger partial charge in [-0.2, -0.15) is 16.4 Å². The van der Waals surface area contributed by atoms with Crippen molar-refractivity contribution in [3.63, 3.8) is 0 Å². The van der Waals surface area contributed by atoms with Gasteiger partial charge < -0.3 is 5.73 Å². The summed E-state index contributed by atoms with van der Waals surface area (Å²) in [6.45, 7) is 0.661. The first kappa shape index (κ1) is 11.0. The summed E-state index contributed by atoms with van der Waals surface area (Å²) in [5, 5.41) is 16.3. The highest BCUT2D eigenvalue weighted by Gasteiger charge is 2.15. The molecule has 92 valence electrons. The molecule has 3 rings (SSSR count). The summed E-state index contributed by atoms with van der Waals surface area (Å²) in [5.41, 5.74) is 8.80. The zero-order chi connectivity index (χ0) is 12.5. The summed E-state index contributed by atoms with van der Waals surface area (Å²) in [7, 11) is 1.87. The molecule has 3 heterocycles. The first-order valence-electron chi connectivity index (χ1n) is 5.44. The summed E-state index contributed by atoms with van der Waals surface area (Å²) in [6, 6.07) is 3.97. The highest BCUT2D eigenvalue weighted by Crippen LogP contribution is 2.24. The number of aryl methyl sites for hydroxylation is 1. The third-order valence-electron chi connectivity index (χ3n) is 2.74. The van der Waals surface area contributed by atoms with E-state index in [0.717, 1.165) is 11.4 Å². The molecule has 0 spiro atoms.